The van der Waals surface area contributed by atoms with Gasteiger partial charge in [0.05, 0.1) is 13.7 Å². The van der Waals surface area contributed by atoms with Gasteiger partial charge in [0.25, 0.3) is 0 Å². The maximum absolute atomic E-state index is 5.74. The first-order chi connectivity index (χ1) is 7.85. The van der Waals surface area contributed by atoms with Crippen molar-refractivity contribution in [3.05, 3.63) is 35.4 Å². The first-order valence-corrected chi connectivity index (χ1v) is 5.84. The predicted molar refractivity (Wildman–Crippen MR) is 65.4 cm³/mol. The Morgan fingerprint density at radius 3 is 2.31 bits per heavy atom. The third-order valence-electron chi connectivity index (χ3n) is 2.92. The molecule has 1 aliphatic carbocycles. The van der Waals surface area contributed by atoms with Gasteiger partial charge in [-0.1, -0.05) is 0 Å². The molecule has 0 heterocycles. The van der Waals surface area contributed by atoms with Crippen LogP contribution in [-0.4, -0.2) is 13.7 Å². The van der Waals surface area contributed by atoms with Gasteiger partial charge in [0, 0.05) is 5.56 Å². The van der Waals surface area contributed by atoms with Crippen molar-refractivity contribution in [2.75, 3.05) is 13.7 Å². The Hall–Kier alpha value is -1.44. The van der Waals surface area contributed by atoms with Crippen LogP contribution in [0, 0.1) is 0 Å². The summed E-state index contributed by atoms with van der Waals surface area (Å²) in [5.74, 6) is 1.97. The second-order valence-electron chi connectivity index (χ2n) is 3.95. The van der Waals surface area contributed by atoms with E-state index < -0.39 is 0 Å². The molecule has 2 nitrogen and oxygen atoms in total. The summed E-state index contributed by atoms with van der Waals surface area (Å²) in [5, 5.41) is 0. The average molecular weight is 218 g/mol. The lowest BCUT2D eigenvalue weighted by Gasteiger charge is -2.22. The standard InChI is InChI=1S/C14H18O2/c1-3-16-14(11-5-4-6-11)12-7-9-13(15-2)10-8-12/h7-10H,3-6H2,1-2H3. The van der Waals surface area contributed by atoms with Crippen molar-refractivity contribution in [3.63, 3.8) is 0 Å². The first-order valence-electron chi connectivity index (χ1n) is 5.84. The van der Waals surface area contributed by atoms with Gasteiger partial charge in [0.15, 0.2) is 0 Å². The van der Waals surface area contributed by atoms with Crippen LogP contribution in [0.3, 0.4) is 0 Å². The quantitative estimate of drug-likeness (QED) is 0.718. The summed E-state index contributed by atoms with van der Waals surface area (Å²) in [6.07, 6.45) is 3.66. The second kappa shape index (κ2) is 5.06. The van der Waals surface area contributed by atoms with E-state index in [0.29, 0.717) is 0 Å². The summed E-state index contributed by atoms with van der Waals surface area (Å²) < 4.78 is 10.9. The van der Waals surface area contributed by atoms with Crippen LogP contribution in [0.25, 0.3) is 5.76 Å². The number of methoxy groups -OCH3 is 1. The Morgan fingerprint density at radius 2 is 1.88 bits per heavy atom. The Morgan fingerprint density at radius 1 is 1.19 bits per heavy atom. The molecule has 1 saturated carbocycles. The van der Waals surface area contributed by atoms with Crippen LogP contribution < -0.4 is 4.74 Å². The minimum atomic E-state index is 0.727. The number of benzene rings is 1. The van der Waals surface area contributed by atoms with Crippen LogP contribution in [0.15, 0.2) is 29.8 Å². The molecule has 0 aromatic heterocycles. The van der Waals surface area contributed by atoms with Gasteiger partial charge in [-0.05, 0) is 56.0 Å². The van der Waals surface area contributed by atoms with Gasteiger partial charge in [0.1, 0.15) is 11.5 Å². The molecule has 0 amide bonds. The summed E-state index contributed by atoms with van der Waals surface area (Å²) in [4.78, 5) is 0. The Kier molecular flexibility index (Phi) is 3.50. The van der Waals surface area contributed by atoms with E-state index in [2.05, 4.69) is 12.1 Å². The van der Waals surface area contributed by atoms with Gasteiger partial charge in [-0.2, -0.15) is 0 Å². The van der Waals surface area contributed by atoms with E-state index >= 15 is 0 Å². The van der Waals surface area contributed by atoms with Crippen LogP contribution in [-0.2, 0) is 4.74 Å². The molecule has 16 heavy (non-hydrogen) atoms. The topological polar surface area (TPSA) is 18.5 Å². The molecule has 0 bridgehead atoms. The number of allylic oxidation sites excluding steroid dienone is 1. The van der Waals surface area contributed by atoms with Crippen molar-refractivity contribution in [2.24, 2.45) is 0 Å². The predicted octanol–water partition coefficient (Wildman–Crippen LogP) is 3.63. The van der Waals surface area contributed by atoms with Crippen LogP contribution in [0.2, 0.25) is 0 Å². The lowest BCUT2D eigenvalue weighted by Crippen LogP contribution is -2.04. The molecule has 86 valence electrons. The van der Waals surface area contributed by atoms with E-state index in [0.717, 1.165) is 23.7 Å². The zero-order valence-corrected chi connectivity index (χ0v) is 9.95. The molecule has 0 atom stereocenters. The van der Waals surface area contributed by atoms with Gasteiger partial charge in [-0.15, -0.1) is 0 Å². The maximum atomic E-state index is 5.74. The molecule has 1 fully saturated rings. The molecule has 1 aromatic rings. The highest BCUT2D eigenvalue weighted by atomic mass is 16.5. The lowest BCUT2D eigenvalue weighted by molar-refractivity contribution is 0.290. The first kappa shape index (κ1) is 11.1. The van der Waals surface area contributed by atoms with E-state index in [1.54, 1.807) is 7.11 Å². The van der Waals surface area contributed by atoms with Crippen molar-refractivity contribution in [1.29, 1.82) is 0 Å². The molecule has 2 heteroatoms. The number of hydrogen-bond acceptors (Lipinski definition) is 2. The van der Waals surface area contributed by atoms with Crippen molar-refractivity contribution in [2.45, 2.75) is 26.2 Å². The Bertz CT molecular complexity index is 370. The highest BCUT2D eigenvalue weighted by molar-refractivity contribution is 5.64. The van der Waals surface area contributed by atoms with E-state index in [-0.39, 0.29) is 0 Å². The van der Waals surface area contributed by atoms with Crippen molar-refractivity contribution < 1.29 is 9.47 Å². The molecule has 0 unspecified atom stereocenters. The largest absolute Gasteiger partial charge is 0.497 e. The van der Waals surface area contributed by atoms with Crippen LogP contribution in [0.4, 0.5) is 0 Å². The summed E-state index contributed by atoms with van der Waals surface area (Å²) in [6, 6.07) is 8.09. The molecule has 0 N–H and O–H groups in total. The summed E-state index contributed by atoms with van der Waals surface area (Å²) in [5.41, 5.74) is 2.62. The average Bonchev–Trinajstić information content (AvgIpc) is 2.26. The zero-order chi connectivity index (χ0) is 11.4. The number of hydrogen-bond donors (Lipinski definition) is 0. The van der Waals surface area contributed by atoms with Gasteiger partial charge in [-0.3, -0.25) is 0 Å². The van der Waals surface area contributed by atoms with E-state index in [1.165, 1.54) is 24.8 Å². The fourth-order valence-electron chi connectivity index (χ4n) is 1.86. The van der Waals surface area contributed by atoms with Crippen LogP contribution in [0.5, 0.6) is 5.75 Å². The lowest BCUT2D eigenvalue weighted by atomic mass is 9.89. The highest BCUT2D eigenvalue weighted by Gasteiger charge is 2.17. The minimum absolute atomic E-state index is 0.727. The second-order valence-corrected chi connectivity index (χ2v) is 3.95. The number of ether oxygens (including phenoxy) is 2. The molecule has 1 aromatic carbocycles. The normalized spacial score (nSPS) is 14.2. The SMILES string of the molecule is CCOC(=C1CCC1)c1ccc(OC)cc1. The summed E-state index contributed by atoms with van der Waals surface area (Å²) in [7, 11) is 1.68. The van der Waals surface area contributed by atoms with Gasteiger partial charge in [-0.25, -0.2) is 0 Å². The smallest absolute Gasteiger partial charge is 0.125 e. The third kappa shape index (κ3) is 2.21. The molecule has 2 rings (SSSR count). The molecule has 0 saturated heterocycles. The minimum Gasteiger partial charge on any atom is -0.497 e. The van der Waals surface area contributed by atoms with Gasteiger partial charge >= 0.3 is 0 Å². The molecule has 0 radical (unpaired) electrons. The Balaban J connectivity index is 2.25. The van der Waals surface area contributed by atoms with E-state index in [9.17, 15) is 0 Å². The maximum Gasteiger partial charge on any atom is 0.125 e. The van der Waals surface area contributed by atoms with Crippen LogP contribution in [0.1, 0.15) is 31.7 Å². The van der Waals surface area contributed by atoms with E-state index in [1.807, 2.05) is 19.1 Å². The summed E-state index contributed by atoms with van der Waals surface area (Å²) in [6.45, 7) is 2.76. The zero-order valence-electron chi connectivity index (χ0n) is 9.95. The Labute approximate surface area is 96.9 Å². The van der Waals surface area contributed by atoms with Crippen LogP contribution >= 0.6 is 0 Å². The third-order valence-corrected chi connectivity index (χ3v) is 2.92. The van der Waals surface area contributed by atoms with Gasteiger partial charge < -0.3 is 9.47 Å². The molecule has 0 spiro atoms. The van der Waals surface area contributed by atoms with Crippen molar-refractivity contribution in [3.8, 4) is 5.75 Å². The monoisotopic (exact) mass is 218 g/mol. The fourth-order valence-corrected chi connectivity index (χ4v) is 1.86. The fraction of sp³-hybridized carbons (Fsp3) is 0.429. The molecular weight excluding hydrogens is 200 g/mol. The van der Waals surface area contributed by atoms with Gasteiger partial charge in [0.2, 0.25) is 0 Å². The molecule has 0 aliphatic heterocycles. The number of rotatable bonds is 4. The highest BCUT2D eigenvalue weighted by Crippen LogP contribution is 2.34. The van der Waals surface area contributed by atoms with Crippen molar-refractivity contribution in [1.82, 2.24) is 0 Å². The molecule has 1 aliphatic rings. The summed E-state index contributed by atoms with van der Waals surface area (Å²) >= 11 is 0. The van der Waals surface area contributed by atoms with E-state index in [4.69, 9.17) is 9.47 Å². The van der Waals surface area contributed by atoms with Crippen molar-refractivity contribution >= 4 is 5.76 Å². The molecular formula is C14H18O2.